The van der Waals surface area contributed by atoms with Gasteiger partial charge in [0.15, 0.2) is 0 Å². The average molecular weight is 252 g/mol. The Labute approximate surface area is 108 Å². The van der Waals surface area contributed by atoms with Crippen LogP contribution in [-0.4, -0.2) is 13.7 Å². The molecule has 0 spiro atoms. The van der Waals surface area contributed by atoms with Gasteiger partial charge in [0.25, 0.3) is 0 Å². The summed E-state index contributed by atoms with van der Waals surface area (Å²) in [5.41, 5.74) is 3.79. The van der Waals surface area contributed by atoms with Crippen molar-refractivity contribution >= 4 is 11.6 Å². The lowest BCUT2D eigenvalue weighted by Crippen LogP contribution is -2.21. The highest BCUT2D eigenvalue weighted by Gasteiger charge is 2.18. The zero-order chi connectivity index (χ0) is 12.3. The fourth-order valence-electron chi connectivity index (χ4n) is 2.30. The van der Waals surface area contributed by atoms with Crippen LogP contribution in [0.3, 0.4) is 0 Å². The molecule has 1 aliphatic rings. The Balaban J connectivity index is 2.31. The second kappa shape index (κ2) is 5.56. The van der Waals surface area contributed by atoms with Crippen molar-refractivity contribution in [1.29, 1.82) is 0 Å². The molecule has 1 aromatic carbocycles. The largest absolute Gasteiger partial charge is 0.501 e. The highest BCUT2D eigenvalue weighted by atomic mass is 35.5. The minimum absolute atomic E-state index is 0.229. The summed E-state index contributed by atoms with van der Waals surface area (Å²) in [6.07, 6.45) is 4.09. The molecule has 92 valence electrons. The van der Waals surface area contributed by atoms with Crippen LogP contribution in [0.25, 0.3) is 0 Å². The van der Waals surface area contributed by atoms with Crippen LogP contribution in [0.2, 0.25) is 5.02 Å². The van der Waals surface area contributed by atoms with Crippen molar-refractivity contribution in [1.82, 2.24) is 5.32 Å². The van der Waals surface area contributed by atoms with Gasteiger partial charge >= 0.3 is 0 Å². The molecule has 17 heavy (non-hydrogen) atoms. The standard InChI is InChI=1S/C14H18ClNO/c1-10-8-12(15)5-6-13(10)14(16-2)11-4-3-7-17-9-11/h5-6,8-9,14,16H,3-4,7H2,1-2H3. The summed E-state index contributed by atoms with van der Waals surface area (Å²) in [5, 5.41) is 4.14. The predicted octanol–water partition coefficient (Wildman–Crippen LogP) is 3.60. The van der Waals surface area contributed by atoms with Crippen LogP contribution < -0.4 is 5.32 Å². The first-order chi connectivity index (χ1) is 8.22. The summed E-state index contributed by atoms with van der Waals surface area (Å²) in [4.78, 5) is 0. The van der Waals surface area contributed by atoms with Crippen molar-refractivity contribution in [2.24, 2.45) is 0 Å². The Morgan fingerprint density at radius 3 is 2.82 bits per heavy atom. The lowest BCUT2D eigenvalue weighted by atomic mass is 9.92. The maximum atomic E-state index is 5.99. The van der Waals surface area contributed by atoms with Crippen molar-refractivity contribution < 1.29 is 4.74 Å². The molecule has 1 N–H and O–H groups in total. The van der Waals surface area contributed by atoms with Gasteiger partial charge in [0.2, 0.25) is 0 Å². The molecule has 0 fully saturated rings. The molecule has 0 saturated carbocycles. The van der Waals surface area contributed by atoms with Crippen LogP contribution in [-0.2, 0) is 4.74 Å². The number of rotatable bonds is 3. The molecule has 3 heteroatoms. The van der Waals surface area contributed by atoms with Crippen molar-refractivity contribution in [3.05, 3.63) is 46.2 Å². The fraction of sp³-hybridized carbons (Fsp3) is 0.429. The van der Waals surface area contributed by atoms with Crippen molar-refractivity contribution in [2.45, 2.75) is 25.8 Å². The molecule has 1 aliphatic heterocycles. The quantitative estimate of drug-likeness (QED) is 0.886. The maximum Gasteiger partial charge on any atom is 0.0876 e. The molecular formula is C14H18ClNO. The maximum absolute atomic E-state index is 5.99. The first-order valence-electron chi connectivity index (χ1n) is 5.96. The monoisotopic (exact) mass is 251 g/mol. The number of aryl methyl sites for hydroxylation is 1. The third-order valence-corrected chi connectivity index (χ3v) is 3.40. The molecule has 0 radical (unpaired) electrons. The van der Waals surface area contributed by atoms with Gasteiger partial charge in [-0.25, -0.2) is 0 Å². The minimum atomic E-state index is 0.229. The van der Waals surface area contributed by atoms with E-state index < -0.39 is 0 Å². The fourth-order valence-corrected chi connectivity index (χ4v) is 2.53. The molecule has 0 aromatic heterocycles. The topological polar surface area (TPSA) is 21.3 Å². The Kier molecular flexibility index (Phi) is 4.08. The van der Waals surface area contributed by atoms with Crippen molar-refractivity contribution in [3.8, 4) is 0 Å². The molecule has 1 atom stereocenters. The van der Waals surface area contributed by atoms with E-state index in [1.165, 1.54) is 16.7 Å². The second-order valence-electron chi connectivity index (χ2n) is 4.39. The summed E-state index contributed by atoms with van der Waals surface area (Å²) in [7, 11) is 1.98. The number of nitrogens with one attached hydrogen (secondary N) is 1. The lowest BCUT2D eigenvalue weighted by molar-refractivity contribution is 0.220. The normalized spacial score (nSPS) is 17.2. The zero-order valence-corrected chi connectivity index (χ0v) is 11.1. The van der Waals surface area contributed by atoms with Gasteiger partial charge in [-0.05, 0) is 55.6 Å². The molecule has 1 unspecified atom stereocenters. The van der Waals surface area contributed by atoms with Gasteiger partial charge in [-0.3, -0.25) is 0 Å². The Morgan fingerprint density at radius 1 is 1.41 bits per heavy atom. The first-order valence-corrected chi connectivity index (χ1v) is 6.34. The highest BCUT2D eigenvalue weighted by Crippen LogP contribution is 2.30. The second-order valence-corrected chi connectivity index (χ2v) is 4.83. The number of halogens is 1. The first kappa shape index (κ1) is 12.5. The van der Waals surface area contributed by atoms with Crippen molar-refractivity contribution in [2.75, 3.05) is 13.7 Å². The summed E-state index contributed by atoms with van der Waals surface area (Å²) in [6, 6.07) is 6.27. The molecule has 0 bridgehead atoms. The molecule has 1 heterocycles. The molecule has 0 aliphatic carbocycles. The lowest BCUT2D eigenvalue weighted by Gasteiger charge is -2.24. The van der Waals surface area contributed by atoms with Gasteiger partial charge in [0.1, 0.15) is 0 Å². The van der Waals surface area contributed by atoms with E-state index in [1.54, 1.807) is 0 Å². The summed E-state index contributed by atoms with van der Waals surface area (Å²) < 4.78 is 5.42. The summed E-state index contributed by atoms with van der Waals surface area (Å²) >= 11 is 5.99. The molecule has 1 aromatic rings. The molecule has 0 amide bonds. The van der Waals surface area contributed by atoms with Gasteiger partial charge in [-0.15, -0.1) is 0 Å². The van der Waals surface area contributed by atoms with Crippen LogP contribution in [0, 0.1) is 6.92 Å². The van der Waals surface area contributed by atoms with Crippen LogP contribution in [0.1, 0.15) is 30.0 Å². The Bertz CT molecular complexity index is 428. The van der Waals surface area contributed by atoms with E-state index in [0.717, 1.165) is 24.5 Å². The predicted molar refractivity (Wildman–Crippen MR) is 71.3 cm³/mol. The Morgan fingerprint density at radius 2 is 2.24 bits per heavy atom. The van der Waals surface area contributed by atoms with Gasteiger partial charge < -0.3 is 10.1 Å². The third-order valence-electron chi connectivity index (χ3n) is 3.16. The Hall–Kier alpha value is -0.990. The number of hydrogen-bond donors (Lipinski definition) is 1. The number of benzene rings is 1. The summed E-state index contributed by atoms with van der Waals surface area (Å²) in [6.45, 7) is 2.93. The van der Waals surface area contributed by atoms with E-state index in [-0.39, 0.29) is 6.04 Å². The molecule has 2 rings (SSSR count). The van der Waals surface area contributed by atoms with Crippen molar-refractivity contribution in [3.63, 3.8) is 0 Å². The van der Waals surface area contributed by atoms with Crippen LogP contribution in [0.15, 0.2) is 30.0 Å². The van der Waals surface area contributed by atoms with Crippen LogP contribution in [0.5, 0.6) is 0 Å². The third kappa shape index (κ3) is 2.82. The van der Waals surface area contributed by atoms with E-state index in [0.29, 0.717) is 0 Å². The van der Waals surface area contributed by atoms with Gasteiger partial charge in [-0.2, -0.15) is 0 Å². The number of ether oxygens (including phenoxy) is 1. The molecular weight excluding hydrogens is 234 g/mol. The number of hydrogen-bond acceptors (Lipinski definition) is 2. The van der Waals surface area contributed by atoms with Crippen LogP contribution in [0.4, 0.5) is 0 Å². The van der Waals surface area contributed by atoms with Gasteiger partial charge in [0.05, 0.1) is 18.9 Å². The highest BCUT2D eigenvalue weighted by molar-refractivity contribution is 6.30. The summed E-state index contributed by atoms with van der Waals surface area (Å²) in [5.74, 6) is 0. The van der Waals surface area contributed by atoms with E-state index in [4.69, 9.17) is 16.3 Å². The zero-order valence-electron chi connectivity index (χ0n) is 10.3. The minimum Gasteiger partial charge on any atom is -0.501 e. The smallest absolute Gasteiger partial charge is 0.0876 e. The van der Waals surface area contributed by atoms with E-state index >= 15 is 0 Å². The average Bonchev–Trinajstić information content (AvgIpc) is 2.34. The van der Waals surface area contributed by atoms with E-state index in [2.05, 4.69) is 18.3 Å². The number of likely N-dealkylation sites (N-methyl/N-ethyl adjacent to an activating group) is 1. The van der Waals surface area contributed by atoms with E-state index in [1.807, 2.05) is 25.4 Å². The van der Waals surface area contributed by atoms with E-state index in [9.17, 15) is 0 Å². The van der Waals surface area contributed by atoms with Crippen LogP contribution >= 0.6 is 11.6 Å². The SMILES string of the molecule is CNC(C1=COCCC1)c1ccc(Cl)cc1C. The molecule has 0 saturated heterocycles. The van der Waals surface area contributed by atoms with Gasteiger partial charge in [-0.1, -0.05) is 17.7 Å². The molecule has 2 nitrogen and oxygen atoms in total. The van der Waals surface area contributed by atoms with Gasteiger partial charge in [0, 0.05) is 5.02 Å².